The summed E-state index contributed by atoms with van der Waals surface area (Å²) in [5.74, 6) is 0. The van der Waals surface area contributed by atoms with Crippen LogP contribution in [0, 0.1) is 0 Å². The van der Waals surface area contributed by atoms with Gasteiger partial charge in [-0.25, -0.2) is 0 Å². The second-order valence-electron chi connectivity index (χ2n) is 9.75. The molecule has 0 atom stereocenters. The highest BCUT2D eigenvalue weighted by Gasteiger charge is 2.45. The molecule has 3 heterocycles. The van der Waals surface area contributed by atoms with E-state index >= 15 is 0 Å². The van der Waals surface area contributed by atoms with Gasteiger partial charge in [-0.1, -0.05) is 76.2 Å². The first-order chi connectivity index (χ1) is 14.9. The normalized spacial score (nSPS) is 16.8. The van der Waals surface area contributed by atoms with Crippen molar-refractivity contribution in [3.05, 3.63) is 107 Å². The van der Waals surface area contributed by atoms with Crippen LogP contribution in [0.2, 0.25) is 0 Å². The van der Waals surface area contributed by atoms with Crippen molar-refractivity contribution in [1.29, 1.82) is 0 Å². The Balaban J connectivity index is 1.68. The predicted molar refractivity (Wildman–Crippen MR) is 129 cm³/mol. The molecule has 4 aromatic rings. The molecule has 152 valence electrons. The topological polar surface area (TPSA) is 16.1 Å². The number of hydrogen-bond acceptors (Lipinski definition) is 2. The van der Waals surface area contributed by atoms with E-state index in [1.54, 1.807) is 0 Å². The lowest BCUT2D eigenvalue weighted by Crippen LogP contribution is -2.38. The smallest absolute Gasteiger partial charge is 0.0702 e. The van der Waals surface area contributed by atoms with Crippen molar-refractivity contribution in [3.8, 4) is 11.3 Å². The first-order valence-electron chi connectivity index (χ1n) is 11.0. The van der Waals surface area contributed by atoms with Crippen LogP contribution in [-0.4, -0.2) is 4.98 Å². The molecule has 0 saturated carbocycles. The SMILES string of the molecule is CC1(C)c2ccccc2N2c3ccc(-c4ccccn4)cc3C(C)(C)c3cccc1c32. The van der Waals surface area contributed by atoms with Crippen LogP contribution in [0.5, 0.6) is 0 Å². The molecule has 2 aliphatic rings. The summed E-state index contributed by atoms with van der Waals surface area (Å²) in [6.07, 6.45) is 1.87. The van der Waals surface area contributed by atoms with Crippen molar-refractivity contribution < 1.29 is 0 Å². The lowest BCUT2D eigenvalue weighted by atomic mass is 9.66. The maximum atomic E-state index is 4.60. The monoisotopic (exact) mass is 402 g/mol. The summed E-state index contributed by atoms with van der Waals surface area (Å²) >= 11 is 0. The molecule has 0 fully saturated rings. The molecule has 0 aliphatic carbocycles. The van der Waals surface area contributed by atoms with E-state index in [0.717, 1.165) is 11.3 Å². The summed E-state index contributed by atoms with van der Waals surface area (Å²) in [5.41, 5.74) is 11.4. The fourth-order valence-corrected chi connectivity index (χ4v) is 5.58. The Morgan fingerprint density at radius 3 is 2.00 bits per heavy atom. The highest BCUT2D eigenvalue weighted by Crippen LogP contribution is 2.59. The summed E-state index contributed by atoms with van der Waals surface area (Å²) < 4.78 is 0. The minimum Gasteiger partial charge on any atom is -0.309 e. The third-order valence-electron chi connectivity index (χ3n) is 7.30. The number of hydrogen-bond donors (Lipinski definition) is 0. The van der Waals surface area contributed by atoms with E-state index in [-0.39, 0.29) is 10.8 Å². The summed E-state index contributed by atoms with van der Waals surface area (Å²) in [6.45, 7) is 9.42. The van der Waals surface area contributed by atoms with Crippen molar-refractivity contribution in [1.82, 2.24) is 4.98 Å². The Morgan fingerprint density at radius 2 is 1.26 bits per heavy atom. The molecule has 0 spiro atoms. The third kappa shape index (κ3) is 2.36. The molecule has 0 unspecified atom stereocenters. The molecule has 1 aromatic heterocycles. The molecule has 0 N–H and O–H groups in total. The van der Waals surface area contributed by atoms with Gasteiger partial charge in [0.15, 0.2) is 0 Å². The molecular formula is C29H26N2. The van der Waals surface area contributed by atoms with E-state index in [1.165, 1.54) is 39.3 Å². The fourth-order valence-electron chi connectivity index (χ4n) is 5.58. The molecule has 6 rings (SSSR count). The van der Waals surface area contributed by atoms with E-state index in [4.69, 9.17) is 0 Å². The average molecular weight is 403 g/mol. The minimum absolute atomic E-state index is 0.0417. The van der Waals surface area contributed by atoms with Gasteiger partial charge in [-0.15, -0.1) is 0 Å². The van der Waals surface area contributed by atoms with Crippen LogP contribution in [0.4, 0.5) is 17.1 Å². The number of fused-ring (bicyclic) bond motifs is 4. The van der Waals surface area contributed by atoms with Crippen LogP contribution in [0.3, 0.4) is 0 Å². The summed E-state index contributed by atoms with van der Waals surface area (Å²) in [7, 11) is 0. The van der Waals surface area contributed by atoms with Crippen LogP contribution in [0.25, 0.3) is 11.3 Å². The Hall–Kier alpha value is -3.39. The van der Waals surface area contributed by atoms with Gasteiger partial charge in [0, 0.05) is 22.6 Å². The van der Waals surface area contributed by atoms with Gasteiger partial charge in [0.1, 0.15) is 0 Å². The summed E-state index contributed by atoms with van der Waals surface area (Å²) in [6, 6.07) is 28.7. The van der Waals surface area contributed by atoms with E-state index in [1.807, 2.05) is 12.3 Å². The highest BCUT2D eigenvalue weighted by molar-refractivity contribution is 5.93. The van der Waals surface area contributed by atoms with Gasteiger partial charge in [0.25, 0.3) is 0 Å². The predicted octanol–water partition coefficient (Wildman–Crippen LogP) is 7.50. The van der Waals surface area contributed by atoms with E-state index < -0.39 is 0 Å². The standard InChI is InChI=1S/C29H26N2/c1-28(2)20-10-5-6-14-25(20)31-26-16-15-19(24-13-7-8-17-30-24)18-23(26)29(3,4)22-12-9-11-21(28)27(22)31/h5-18H,1-4H3. The van der Waals surface area contributed by atoms with Crippen LogP contribution in [0.1, 0.15) is 49.9 Å². The number of aromatic nitrogens is 1. The van der Waals surface area contributed by atoms with Crippen molar-refractivity contribution in [2.45, 2.75) is 38.5 Å². The number of para-hydroxylation sites is 2. The maximum Gasteiger partial charge on any atom is 0.0702 e. The first kappa shape index (κ1) is 18.4. The van der Waals surface area contributed by atoms with Crippen LogP contribution in [0.15, 0.2) is 85.1 Å². The Labute approximate surface area is 184 Å². The maximum absolute atomic E-state index is 4.60. The lowest BCUT2D eigenvalue weighted by molar-refractivity contribution is 0.597. The van der Waals surface area contributed by atoms with Crippen molar-refractivity contribution in [2.75, 3.05) is 4.90 Å². The Bertz CT molecular complexity index is 1330. The van der Waals surface area contributed by atoms with Crippen molar-refractivity contribution in [3.63, 3.8) is 0 Å². The van der Waals surface area contributed by atoms with E-state index in [2.05, 4.69) is 110 Å². The molecule has 0 saturated heterocycles. The lowest BCUT2D eigenvalue weighted by Gasteiger charge is -2.49. The van der Waals surface area contributed by atoms with Crippen molar-refractivity contribution in [2.24, 2.45) is 0 Å². The number of anilines is 3. The van der Waals surface area contributed by atoms with Gasteiger partial charge in [-0.2, -0.15) is 0 Å². The third-order valence-corrected chi connectivity index (χ3v) is 7.30. The number of pyridine rings is 1. The molecule has 31 heavy (non-hydrogen) atoms. The Morgan fingerprint density at radius 1 is 0.613 bits per heavy atom. The zero-order chi connectivity index (χ0) is 21.4. The summed E-state index contributed by atoms with van der Waals surface area (Å²) in [5, 5.41) is 0. The van der Waals surface area contributed by atoms with E-state index in [0.29, 0.717) is 0 Å². The van der Waals surface area contributed by atoms with Crippen LogP contribution < -0.4 is 4.90 Å². The zero-order valence-electron chi connectivity index (χ0n) is 18.5. The molecule has 2 nitrogen and oxygen atoms in total. The molecule has 0 radical (unpaired) electrons. The van der Waals surface area contributed by atoms with Crippen LogP contribution >= 0.6 is 0 Å². The molecule has 0 bridgehead atoms. The van der Waals surface area contributed by atoms with Gasteiger partial charge < -0.3 is 4.90 Å². The van der Waals surface area contributed by atoms with E-state index in [9.17, 15) is 0 Å². The molecule has 0 amide bonds. The highest BCUT2D eigenvalue weighted by atomic mass is 15.2. The second-order valence-corrected chi connectivity index (χ2v) is 9.75. The van der Waals surface area contributed by atoms with Gasteiger partial charge >= 0.3 is 0 Å². The second kappa shape index (κ2) is 6.07. The molecule has 2 heteroatoms. The quantitative estimate of drug-likeness (QED) is 0.328. The minimum atomic E-state index is -0.107. The largest absolute Gasteiger partial charge is 0.309 e. The van der Waals surface area contributed by atoms with Gasteiger partial charge in [-0.05, 0) is 52.6 Å². The van der Waals surface area contributed by atoms with Gasteiger partial charge in [0.05, 0.1) is 22.8 Å². The van der Waals surface area contributed by atoms with Crippen molar-refractivity contribution >= 4 is 17.1 Å². The Kier molecular flexibility index (Phi) is 3.60. The number of benzene rings is 3. The van der Waals surface area contributed by atoms with Crippen LogP contribution in [-0.2, 0) is 10.8 Å². The number of nitrogens with zero attached hydrogens (tertiary/aromatic N) is 2. The average Bonchev–Trinajstić information content (AvgIpc) is 2.79. The summed E-state index contributed by atoms with van der Waals surface area (Å²) in [4.78, 5) is 7.09. The molecule has 3 aromatic carbocycles. The zero-order valence-corrected chi connectivity index (χ0v) is 18.5. The molecular weight excluding hydrogens is 376 g/mol. The molecule has 2 aliphatic heterocycles. The van der Waals surface area contributed by atoms with Gasteiger partial charge in [0.2, 0.25) is 0 Å². The number of rotatable bonds is 1. The van der Waals surface area contributed by atoms with Gasteiger partial charge in [-0.3, -0.25) is 4.98 Å². The first-order valence-corrected chi connectivity index (χ1v) is 11.0. The fraction of sp³-hybridized carbons (Fsp3) is 0.207.